The summed E-state index contributed by atoms with van der Waals surface area (Å²) >= 11 is 0. The molecule has 1 fully saturated rings. The van der Waals surface area contributed by atoms with Gasteiger partial charge in [-0.15, -0.1) is 0 Å². The zero-order valence-electron chi connectivity index (χ0n) is 16.2. The van der Waals surface area contributed by atoms with Crippen molar-refractivity contribution in [2.24, 2.45) is 0 Å². The number of aromatic nitrogens is 3. The number of hydrogen-bond donors (Lipinski definition) is 1. The minimum absolute atomic E-state index is 0.0361. The number of hydrogen-bond acceptors (Lipinski definition) is 7. The Kier molecular flexibility index (Phi) is 5.85. The van der Waals surface area contributed by atoms with Crippen LogP contribution in [0.5, 0.6) is 0 Å². The summed E-state index contributed by atoms with van der Waals surface area (Å²) in [4.78, 5) is 37.3. The van der Waals surface area contributed by atoms with E-state index in [1.807, 2.05) is 12.1 Å². The van der Waals surface area contributed by atoms with E-state index in [1.54, 1.807) is 30.6 Å². The Morgan fingerprint density at radius 1 is 1.07 bits per heavy atom. The van der Waals surface area contributed by atoms with Gasteiger partial charge in [-0.1, -0.05) is 12.1 Å². The van der Waals surface area contributed by atoms with Crippen molar-refractivity contribution in [1.82, 2.24) is 24.8 Å². The fourth-order valence-corrected chi connectivity index (χ4v) is 3.52. The summed E-state index contributed by atoms with van der Waals surface area (Å²) in [6.07, 6.45) is 4.38. The van der Waals surface area contributed by atoms with Crippen LogP contribution in [-0.2, 0) is 11.3 Å². The molecule has 1 aromatic carbocycles. The molecule has 152 valence electrons. The lowest BCUT2D eigenvalue weighted by atomic mass is 10.3. The fourth-order valence-electron chi connectivity index (χ4n) is 3.52. The quantitative estimate of drug-likeness (QED) is 0.588. The predicted octanol–water partition coefficient (Wildman–Crippen LogP) is 0.713. The molecule has 0 bridgehead atoms. The molecule has 2 aromatic heterocycles. The first kappa shape index (κ1) is 19.1. The molecule has 4 rings (SSSR count). The number of carbonyl (C=O) groups excluding carboxylic acids is 1. The summed E-state index contributed by atoms with van der Waals surface area (Å²) in [5.74, 6) is 0.0766. The van der Waals surface area contributed by atoms with Crippen molar-refractivity contribution in [3.8, 4) is 0 Å². The summed E-state index contributed by atoms with van der Waals surface area (Å²) in [5.41, 5.74) is 1.12. The molecule has 0 aliphatic carbocycles. The van der Waals surface area contributed by atoms with Crippen LogP contribution in [-0.4, -0.2) is 64.6 Å². The van der Waals surface area contributed by atoms with Crippen LogP contribution >= 0.6 is 0 Å². The van der Waals surface area contributed by atoms with Crippen LogP contribution in [0.1, 0.15) is 6.42 Å². The van der Waals surface area contributed by atoms with Gasteiger partial charge >= 0.3 is 5.76 Å². The molecule has 0 saturated carbocycles. The molecule has 29 heavy (non-hydrogen) atoms. The highest BCUT2D eigenvalue weighted by molar-refractivity contribution is 5.79. The van der Waals surface area contributed by atoms with Crippen molar-refractivity contribution in [3.05, 3.63) is 53.3 Å². The lowest BCUT2D eigenvalue weighted by Crippen LogP contribution is -2.47. The minimum atomic E-state index is -0.512. The second kappa shape index (κ2) is 8.87. The van der Waals surface area contributed by atoms with E-state index in [0.29, 0.717) is 17.6 Å². The smallest absolute Gasteiger partial charge is 0.408 e. The van der Waals surface area contributed by atoms with E-state index in [2.05, 4.69) is 25.1 Å². The van der Waals surface area contributed by atoms with E-state index in [1.165, 1.54) is 4.57 Å². The van der Waals surface area contributed by atoms with E-state index >= 15 is 0 Å². The fraction of sp³-hybridized carbons (Fsp3) is 0.400. The Morgan fingerprint density at radius 3 is 2.62 bits per heavy atom. The highest BCUT2D eigenvalue weighted by Crippen LogP contribution is 2.11. The molecule has 9 nitrogen and oxygen atoms in total. The Bertz CT molecular complexity index is 1010. The van der Waals surface area contributed by atoms with Gasteiger partial charge in [-0.05, 0) is 31.2 Å². The second-order valence-corrected chi connectivity index (χ2v) is 7.00. The molecule has 0 radical (unpaired) electrons. The zero-order valence-corrected chi connectivity index (χ0v) is 16.2. The van der Waals surface area contributed by atoms with Gasteiger partial charge in [0.15, 0.2) is 5.58 Å². The number of rotatable bonds is 7. The summed E-state index contributed by atoms with van der Waals surface area (Å²) in [7, 11) is 0. The van der Waals surface area contributed by atoms with Gasteiger partial charge < -0.3 is 14.6 Å². The molecule has 3 heterocycles. The third-order valence-corrected chi connectivity index (χ3v) is 5.06. The average molecular weight is 396 g/mol. The van der Waals surface area contributed by atoms with Crippen molar-refractivity contribution in [3.63, 3.8) is 0 Å². The molecule has 0 unspecified atom stereocenters. The van der Waals surface area contributed by atoms with E-state index in [9.17, 15) is 9.59 Å². The zero-order chi connectivity index (χ0) is 20.1. The molecule has 1 aliphatic rings. The van der Waals surface area contributed by atoms with E-state index in [4.69, 9.17) is 4.42 Å². The molecular formula is C20H24N6O3. The maximum atomic E-state index is 12.2. The number of piperazine rings is 1. The molecule has 1 N–H and O–H groups in total. The van der Waals surface area contributed by atoms with Crippen LogP contribution in [0.3, 0.4) is 0 Å². The predicted molar refractivity (Wildman–Crippen MR) is 109 cm³/mol. The average Bonchev–Trinajstić information content (AvgIpc) is 3.07. The van der Waals surface area contributed by atoms with Crippen LogP contribution in [0.4, 0.5) is 5.95 Å². The van der Waals surface area contributed by atoms with E-state index in [0.717, 1.165) is 45.1 Å². The summed E-state index contributed by atoms with van der Waals surface area (Å²) in [6, 6.07) is 8.92. The first-order valence-corrected chi connectivity index (χ1v) is 9.80. The molecule has 0 atom stereocenters. The third kappa shape index (κ3) is 4.62. The molecule has 1 amide bonds. The molecule has 3 aromatic rings. The van der Waals surface area contributed by atoms with Gasteiger partial charge in [0.2, 0.25) is 11.9 Å². The van der Waals surface area contributed by atoms with Crippen LogP contribution < -0.4 is 16.0 Å². The summed E-state index contributed by atoms with van der Waals surface area (Å²) in [5, 5.41) is 2.89. The van der Waals surface area contributed by atoms with Crippen LogP contribution in [0, 0.1) is 0 Å². The topological polar surface area (TPSA) is 96.5 Å². The second-order valence-electron chi connectivity index (χ2n) is 7.00. The Labute approximate surface area is 168 Å². The minimum Gasteiger partial charge on any atom is -0.408 e. The lowest BCUT2D eigenvalue weighted by Gasteiger charge is -2.34. The van der Waals surface area contributed by atoms with Gasteiger partial charge in [-0.3, -0.25) is 14.3 Å². The third-order valence-electron chi connectivity index (χ3n) is 5.06. The van der Waals surface area contributed by atoms with Crippen molar-refractivity contribution < 1.29 is 9.21 Å². The Morgan fingerprint density at radius 2 is 1.83 bits per heavy atom. The number of amides is 1. The van der Waals surface area contributed by atoms with Crippen LogP contribution in [0.15, 0.2) is 51.9 Å². The molecular weight excluding hydrogens is 372 g/mol. The standard InChI is InChI=1S/C20H24N6O3/c27-18(15-26-16-5-1-2-6-17(16)29-20(26)28)21-9-4-10-24-11-13-25(14-12-24)19-22-7-3-8-23-19/h1-3,5-8H,4,9-15H2,(H,21,27). The SMILES string of the molecule is O=C(Cn1c(=O)oc2ccccc21)NCCCN1CCN(c2ncccn2)CC1. The Hall–Kier alpha value is -3.20. The number of nitrogens with zero attached hydrogens (tertiary/aromatic N) is 5. The number of fused-ring (bicyclic) bond motifs is 1. The Balaban J connectivity index is 1.18. The van der Waals surface area contributed by atoms with E-state index < -0.39 is 5.76 Å². The first-order valence-electron chi connectivity index (χ1n) is 9.80. The van der Waals surface area contributed by atoms with Crippen molar-refractivity contribution in [1.29, 1.82) is 0 Å². The van der Waals surface area contributed by atoms with Gasteiger partial charge in [0.05, 0.1) is 5.52 Å². The van der Waals surface area contributed by atoms with Gasteiger partial charge in [-0.2, -0.15) is 0 Å². The molecule has 1 saturated heterocycles. The normalized spacial score (nSPS) is 15.0. The number of nitrogens with one attached hydrogen (secondary N) is 1. The largest absolute Gasteiger partial charge is 0.420 e. The molecule has 1 aliphatic heterocycles. The van der Waals surface area contributed by atoms with Gasteiger partial charge in [0.1, 0.15) is 6.54 Å². The highest BCUT2D eigenvalue weighted by atomic mass is 16.4. The molecule has 9 heteroatoms. The summed E-state index contributed by atoms with van der Waals surface area (Å²) < 4.78 is 6.51. The maximum absolute atomic E-state index is 12.2. The number of oxazole rings is 1. The number of benzene rings is 1. The van der Waals surface area contributed by atoms with Gasteiger partial charge in [0, 0.05) is 45.1 Å². The van der Waals surface area contributed by atoms with E-state index in [-0.39, 0.29) is 12.5 Å². The van der Waals surface area contributed by atoms with Crippen LogP contribution in [0.2, 0.25) is 0 Å². The van der Waals surface area contributed by atoms with Crippen molar-refractivity contribution >= 4 is 23.0 Å². The highest BCUT2D eigenvalue weighted by Gasteiger charge is 2.18. The van der Waals surface area contributed by atoms with Gasteiger partial charge in [-0.25, -0.2) is 14.8 Å². The van der Waals surface area contributed by atoms with Crippen LogP contribution in [0.25, 0.3) is 11.1 Å². The number of anilines is 1. The van der Waals surface area contributed by atoms with Crippen molar-refractivity contribution in [2.45, 2.75) is 13.0 Å². The molecule has 0 spiro atoms. The summed E-state index contributed by atoms with van der Waals surface area (Å²) in [6.45, 7) is 5.14. The van der Waals surface area contributed by atoms with Crippen molar-refractivity contribution in [2.75, 3.05) is 44.2 Å². The number of carbonyl (C=O) groups is 1. The lowest BCUT2D eigenvalue weighted by molar-refractivity contribution is -0.121. The number of para-hydroxylation sites is 2. The maximum Gasteiger partial charge on any atom is 0.420 e. The monoisotopic (exact) mass is 396 g/mol. The first-order chi connectivity index (χ1) is 14.2. The van der Waals surface area contributed by atoms with Gasteiger partial charge in [0.25, 0.3) is 0 Å².